The van der Waals surface area contributed by atoms with E-state index < -0.39 is 17.7 Å². The van der Waals surface area contributed by atoms with Crippen molar-refractivity contribution in [3.8, 4) is 0 Å². The van der Waals surface area contributed by atoms with Crippen LogP contribution in [0.5, 0.6) is 0 Å². The lowest BCUT2D eigenvalue weighted by molar-refractivity contribution is 0.576. The van der Waals surface area contributed by atoms with Gasteiger partial charge in [-0.15, -0.1) is 0 Å². The summed E-state index contributed by atoms with van der Waals surface area (Å²) in [6.07, 6.45) is 0.915. The molecule has 0 saturated heterocycles. The van der Waals surface area contributed by atoms with Crippen molar-refractivity contribution in [2.45, 2.75) is 26.3 Å². The van der Waals surface area contributed by atoms with Crippen LogP contribution >= 0.6 is 11.6 Å². The van der Waals surface area contributed by atoms with Crippen molar-refractivity contribution in [1.82, 2.24) is 0 Å². The van der Waals surface area contributed by atoms with E-state index >= 15 is 0 Å². The molecule has 4 heteroatoms. The molecule has 1 unspecified atom stereocenters. The molecule has 0 saturated carbocycles. The molecular weight excluding hydrogens is 292 g/mol. The Morgan fingerprint density at radius 3 is 2.48 bits per heavy atom. The van der Waals surface area contributed by atoms with E-state index in [4.69, 9.17) is 17.3 Å². The fraction of sp³-hybridized carbons (Fsp3) is 0.294. The van der Waals surface area contributed by atoms with Crippen LogP contribution in [0.1, 0.15) is 36.6 Å². The fourth-order valence-corrected chi connectivity index (χ4v) is 2.49. The molecule has 0 fully saturated rings. The molecule has 0 aliphatic carbocycles. The number of hydrogen-bond acceptors (Lipinski definition) is 1. The predicted molar refractivity (Wildman–Crippen MR) is 82.4 cm³/mol. The van der Waals surface area contributed by atoms with E-state index in [0.29, 0.717) is 5.92 Å². The lowest BCUT2D eigenvalue weighted by Crippen LogP contribution is -2.14. The monoisotopic (exact) mass is 309 g/mol. The van der Waals surface area contributed by atoms with Gasteiger partial charge in [0.15, 0.2) is 0 Å². The minimum Gasteiger partial charge on any atom is -0.320 e. The molecule has 0 bridgehead atoms. The molecule has 2 aromatic carbocycles. The van der Waals surface area contributed by atoms with Gasteiger partial charge in [0.05, 0.1) is 11.1 Å². The first kappa shape index (κ1) is 15.9. The van der Waals surface area contributed by atoms with Crippen LogP contribution in [0.2, 0.25) is 5.02 Å². The molecule has 112 valence electrons. The van der Waals surface area contributed by atoms with Crippen LogP contribution in [0.15, 0.2) is 36.4 Å². The van der Waals surface area contributed by atoms with Crippen molar-refractivity contribution >= 4 is 11.6 Å². The third-order valence-corrected chi connectivity index (χ3v) is 3.62. The molecule has 21 heavy (non-hydrogen) atoms. The molecule has 2 aromatic rings. The number of hydrogen-bond donors (Lipinski definition) is 1. The minimum absolute atomic E-state index is 0.110. The van der Waals surface area contributed by atoms with Crippen LogP contribution in [-0.4, -0.2) is 0 Å². The summed E-state index contributed by atoms with van der Waals surface area (Å²) in [5, 5.41) is -0.239. The average molecular weight is 310 g/mol. The van der Waals surface area contributed by atoms with Crippen LogP contribution in [0.4, 0.5) is 8.78 Å². The van der Waals surface area contributed by atoms with Crippen LogP contribution in [0, 0.1) is 17.6 Å². The SMILES string of the molecule is CC(C)Cc1cccc(C(N)c2cc(F)c(Cl)cc2F)c1. The summed E-state index contributed by atoms with van der Waals surface area (Å²) >= 11 is 5.56. The normalized spacial score (nSPS) is 12.7. The Labute approximate surface area is 128 Å². The summed E-state index contributed by atoms with van der Waals surface area (Å²) in [7, 11) is 0. The summed E-state index contributed by atoms with van der Waals surface area (Å²) < 4.78 is 27.5. The molecule has 0 aromatic heterocycles. The predicted octanol–water partition coefficient (Wildman–Crippen LogP) is 4.86. The van der Waals surface area contributed by atoms with Crippen LogP contribution < -0.4 is 5.73 Å². The maximum Gasteiger partial charge on any atom is 0.142 e. The number of nitrogens with two attached hydrogens (primary N) is 1. The quantitative estimate of drug-likeness (QED) is 0.802. The van der Waals surface area contributed by atoms with E-state index in [0.717, 1.165) is 29.7 Å². The highest BCUT2D eigenvalue weighted by Gasteiger charge is 2.17. The Bertz CT molecular complexity index is 641. The number of rotatable bonds is 4. The van der Waals surface area contributed by atoms with E-state index in [-0.39, 0.29) is 10.6 Å². The maximum absolute atomic E-state index is 13.9. The Balaban J connectivity index is 2.36. The molecule has 0 aliphatic rings. The van der Waals surface area contributed by atoms with Gasteiger partial charge < -0.3 is 5.73 Å². The first-order chi connectivity index (χ1) is 9.88. The third-order valence-electron chi connectivity index (χ3n) is 3.33. The smallest absolute Gasteiger partial charge is 0.142 e. The summed E-state index contributed by atoms with van der Waals surface area (Å²) in [6.45, 7) is 4.25. The lowest BCUT2D eigenvalue weighted by atomic mass is 9.95. The molecule has 0 radical (unpaired) electrons. The largest absolute Gasteiger partial charge is 0.320 e. The first-order valence-corrected chi connectivity index (χ1v) is 7.25. The molecule has 2 N–H and O–H groups in total. The summed E-state index contributed by atoms with van der Waals surface area (Å²) in [4.78, 5) is 0. The van der Waals surface area contributed by atoms with E-state index in [1.807, 2.05) is 24.3 Å². The van der Waals surface area contributed by atoms with Crippen LogP contribution in [0.25, 0.3) is 0 Å². The van der Waals surface area contributed by atoms with Crippen molar-refractivity contribution in [3.63, 3.8) is 0 Å². The van der Waals surface area contributed by atoms with Crippen molar-refractivity contribution in [2.75, 3.05) is 0 Å². The maximum atomic E-state index is 13.9. The second-order valence-electron chi connectivity index (χ2n) is 5.61. The zero-order valence-corrected chi connectivity index (χ0v) is 12.8. The number of benzene rings is 2. The molecule has 1 atom stereocenters. The van der Waals surface area contributed by atoms with Crippen LogP contribution in [-0.2, 0) is 6.42 Å². The Morgan fingerprint density at radius 1 is 1.10 bits per heavy atom. The molecule has 1 nitrogen and oxygen atoms in total. The molecule has 0 aliphatic heterocycles. The standard InChI is InChI=1S/C17H18ClF2N/c1-10(2)6-11-4-3-5-12(7-11)17(21)13-8-16(20)14(18)9-15(13)19/h3-5,7-10,17H,6,21H2,1-2H3. The highest BCUT2D eigenvalue weighted by molar-refractivity contribution is 6.30. The summed E-state index contributed by atoms with van der Waals surface area (Å²) in [6, 6.07) is 8.97. The van der Waals surface area contributed by atoms with E-state index in [2.05, 4.69) is 13.8 Å². The van der Waals surface area contributed by atoms with Gasteiger partial charge in [-0.25, -0.2) is 8.78 Å². The first-order valence-electron chi connectivity index (χ1n) is 6.87. The van der Waals surface area contributed by atoms with Gasteiger partial charge in [-0.3, -0.25) is 0 Å². The lowest BCUT2D eigenvalue weighted by Gasteiger charge is -2.16. The second-order valence-corrected chi connectivity index (χ2v) is 6.02. The third kappa shape index (κ3) is 3.80. The molecule has 0 spiro atoms. The minimum atomic E-state index is -0.719. The number of halogens is 3. The highest BCUT2D eigenvalue weighted by Crippen LogP contribution is 2.27. The summed E-state index contributed by atoms with van der Waals surface area (Å²) in [5.41, 5.74) is 8.09. The van der Waals surface area contributed by atoms with Crippen molar-refractivity contribution in [2.24, 2.45) is 11.7 Å². The molecule has 2 rings (SSSR count). The Kier molecular flexibility index (Phi) is 4.96. The Hall–Kier alpha value is -1.45. The highest BCUT2D eigenvalue weighted by atomic mass is 35.5. The fourth-order valence-electron chi connectivity index (χ4n) is 2.34. The summed E-state index contributed by atoms with van der Waals surface area (Å²) in [5.74, 6) is -0.744. The van der Waals surface area contributed by atoms with Gasteiger partial charge in [0, 0.05) is 5.56 Å². The van der Waals surface area contributed by atoms with Gasteiger partial charge in [0.1, 0.15) is 11.6 Å². The zero-order chi connectivity index (χ0) is 15.6. The van der Waals surface area contributed by atoms with Gasteiger partial charge in [0.2, 0.25) is 0 Å². The van der Waals surface area contributed by atoms with Crippen LogP contribution in [0.3, 0.4) is 0 Å². The van der Waals surface area contributed by atoms with Crippen molar-refractivity contribution in [3.05, 3.63) is 69.7 Å². The van der Waals surface area contributed by atoms with Crippen molar-refractivity contribution in [1.29, 1.82) is 0 Å². The molecule has 0 amide bonds. The van der Waals surface area contributed by atoms with E-state index in [1.54, 1.807) is 0 Å². The van der Waals surface area contributed by atoms with Gasteiger partial charge in [-0.05, 0) is 35.6 Å². The molecule has 0 heterocycles. The Morgan fingerprint density at radius 2 is 1.81 bits per heavy atom. The van der Waals surface area contributed by atoms with E-state index in [9.17, 15) is 8.78 Å². The average Bonchev–Trinajstić information content (AvgIpc) is 2.41. The topological polar surface area (TPSA) is 26.0 Å². The van der Waals surface area contributed by atoms with Crippen molar-refractivity contribution < 1.29 is 8.78 Å². The van der Waals surface area contributed by atoms with E-state index in [1.165, 1.54) is 0 Å². The van der Waals surface area contributed by atoms with Gasteiger partial charge >= 0.3 is 0 Å². The zero-order valence-electron chi connectivity index (χ0n) is 12.0. The van der Waals surface area contributed by atoms with Gasteiger partial charge in [0.25, 0.3) is 0 Å². The molecular formula is C17H18ClF2N. The second kappa shape index (κ2) is 6.54. The van der Waals surface area contributed by atoms with Gasteiger partial charge in [-0.1, -0.05) is 49.7 Å². The van der Waals surface area contributed by atoms with Gasteiger partial charge in [-0.2, -0.15) is 0 Å².